The van der Waals surface area contributed by atoms with Gasteiger partial charge in [-0.25, -0.2) is 4.98 Å². The lowest BCUT2D eigenvalue weighted by Gasteiger charge is -2.42. The molecule has 0 unspecified atom stereocenters. The zero-order valence-electron chi connectivity index (χ0n) is 19.4. The van der Waals surface area contributed by atoms with E-state index in [2.05, 4.69) is 85.2 Å². The Labute approximate surface area is 173 Å². The zero-order valence-corrected chi connectivity index (χ0v) is 19.4. The van der Waals surface area contributed by atoms with Gasteiger partial charge in [0.25, 0.3) is 0 Å². The van der Waals surface area contributed by atoms with Crippen LogP contribution in [0.2, 0.25) is 0 Å². The molecule has 0 aromatic carbocycles. The number of hydrogen-bond donors (Lipinski definition) is 0. The molecule has 0 radical (unpaired) electrons. The Morgan fingerprint density at radius 2 is 1.25 bits per heavy atom. The Hall–Kier alpha value is -1.17. The average Bonchev–Trinajstić information content (AvgIpc) is 2.68. The van der Waals surface area contributed by atoms with E-state index in [0.717, 1.165) is 32.0 Å². The van der Waals surface area contributed by atoms with Crippen molar-refractivity contribution in [2.75, 3.05) is 63.8 Å². The Bertz CT molecular complexity index is 545. The monoisotopic (exact) mass is 389 g/mol. The molecule has 2 aliphatic heterocycles. The van der Waals surface area contributed by atoms with E-state index in [9.17, 15) is 0 Å². The molecule has 160 valence electrons. The summed E-state index contributed by atoms with van der Waals surface area (Å²) in [6.07, 6.45) is 1.87. The first-order chi connectivity index (χ1) is 13.1. The summed E-state index contributed by atoms with van der Waals surface area (Å²) in [5.41, 5.74) is 0.649. The van der Waals surface area contributed by atoms with Gasteiger partial charge < -0.3 is 9.80 Å². The quantitative estimate of drug-likeness (QED) is 0.772. The number of piperazine rings is 2. The SMILES string of the molecule is CC(C)(C)N1CCN(c2ccccn2)CC1.CCN1CCN(C(C)(C)C)CC1. The van der Waals surface area contributed by atoms with Crippen LogP contribution in [0.5, 0.6) is 0 Å². The molecule has 1 aromatic heterocycles. The molecule has 1 aromatic rings. The molecule has 3 heterocycles. The summed E-state index contributed by atoms with van der Waals surface area (Å²) in [7, 11) is 0. The van der Waals surface area contributed by atoms with E-state index in [-0.39, 0.29) is 5.54 Å². The van der Waals surface area contributed by atoms with Gasteiger partial charge in [-0.1, -0.05) is 13.0 Å². The van der Waals surface area contributed by atoms with Crippen LogP contribution in [0, 0.1) is 0 Å². The van der Waals surface area contributed by atoms with Crippen molar-refractivity contribution in [2.24, 2.45) is 0 Å². The number of anilines is 1. The van der Waals surface area contributed by atoms with Gasteiger partial charge in [-0.05, 0) is 60.2 Å². The fourth-order valence-electron chi connectivity index (χ4n) is 3.88. The molecule has 0 atom stereocenters. The van der Waals surface area contributed by atoms with Crippen LogP contribution < -0.4 is 4.90 Å². The minimum absolute atomic E-state index is 0.288. The molecular formula is C23H43N5. The number of pyridine rings is 1. The van der Waals surface area contributed by atoms with Crippen LogP contribution in [0.1, 0.15) is 48.5 Å². The summed E-state index contributed by atoms with van der Waals surface area (Å²) < 4.78 is 0. The summed E-state index contributed by atoms with van der Waals surface area (Å²) >= 11 is 0. The second kappa shape index (κ2) is 10.0. The largest absolute Gasteiger partial charge is 0.354 e. The molecule has 3 rings (SSSR count). The first-order valence-electron chi connectivity index (χ1n) is 11.0. The number of nitrogens with zero attached hydrogens (tertiary/aromatic N) is 5. The summed E-state index contributed by atoms with van der Waals surface area (Å²) in [4.78, 5) is 14.4. The first kappa shape index (κ1) is 23.1. The maximum Gasteiger partial charge on any atom is 0.128 e. The number of hydrogen-bond acceptors (Lipinski definition) is 5. The van der Waals surface area contributed by atoms with Crippen LogP contribution in [0.25, 0.3) is 0 Å². The van der Waals surface area contributed by atoms with Gasteiger partial charge in [0.15, 0.2) is 0 Å². The molecular weight excluding hydrogens is 346 g/mol. The summed E-state index contributed by atoms with van der Waals surface area (Å²) in [5, 5.41) is 0. The Balaban J connectivity index is 0.000000209. The van der Waals surface area contributed by atoms with E-state index in [1.54, 1.807) is 0 Å². The Kier molecular flexibility index (Phi) is 8.29. The van der Waals surface area contributed by atoms with Gasteiger partial charge in [-0.15, -0.1) is 0 Å². The molecule has 0 aliphatic carbocycles. The summed E-state index contributed by atoms with van der Waals surface area (Å²) in [6, 6.07) is 6.11. The highest BCUT2D eigenvalue weighted by molar-refractivity contribution is 5.38. The standard InChI is InChI=1S/C13H21N3.C10H22N2/c1-13(2,3)16-10-8-15(9-11-16)12-6-4-5-7-14-12;1-5-11-6-8-12(9-7-11)10(2,3)4/h4-7H,8-11H2,1-3H3;5-9H2,1-4H3. The van der Waals surface area contributed by atoms with Crippen LogP contribution in [-0.4, -0.2) is 89.7 Å². The van der Waals surface area contributed by atoms with Gasteiger partial charge >= 0.3 is 0 Å². The van der Waals surface area contributed by atoms with E-state index < -0.39 is 0 Å². The molecule has 5 nitrogen and oxygen atoms in total. The predicted octanol–water partition coefficient (Wildman–Crippen LogP) is 3.42. The van der Waals surface area contributed by atoms with Crippen LogP contribution in [0.4, 0.5) is 5.82 Å². The summed E-state index contributed by atoms with van der Waals surface area (Å²) in [6.45, 7) is 26.6. The highest BCUT2D eigenvalue weighted by atomic mass is 15.3. The topological polar surface area (TPSA) is 25.9 Å². The molecule has 0 amide bonds. The van der Waals surface area contributed by atoms with Crippen LogP contribution in [-0.2, 0) is 0 Å². The summed E-state index contributed by atoms with van der Waals surface area (Å²) in [5.74, 6) is 1.11. The average molecular weight is 390 g/mol. The molecule has 5 heteroatoms. The Morgan fingerprint density at radius 1 is 0.750 bits per heavy atom. The third-order valence-corrected chi connectivity index (χ3v) is 5.97. The molecule has 0 spiro atoms. The van der Waals surface area contributed by atoms with Gasteiger partial charge in [0, 0.05) is 69.6 Å². The van der Waals surface area contributed by atoms with Crippen molar-refractivity contribution in [1.82, 2.24) is 19.7 Å². The van der Waals surface area contributed by atoms with Crippen LogP contribution in [0.3, 0.4) is 0 Å². The normalized spacial score (nSPS) is 20.6. The molecule has 0 bridgehead atoms. The Morgan fingerprint density at radius 3 is 1.64 bits per heavy atom. The van der Waals surface area contributed by atoms with Gasteiger partial charge in [-0.2, -0.15) is 0 Å². The van der Waals surface area contributed by atoms with Crippen LogP contribution in [0.15, 0.2) is 24.4 Å². The zero-order chi connectivity index (χ0) is 20.8. The van der Waals surface area contributed by atoms with Crippen molar-refractivity contribution in [3.63, 3.8) is 0 Å². The smallest absolute Gasteiger partial charge is 0.128 e. The lowest BCUT2D eigenvalue weighted by molar-refractivity contribution is 0.0648. The van der Waals surface area contributed by atoms with Crippen molar-refractivity contribution in [2.45, 2.75) is 59.5 Å². The lowest BCUT2D eigenvalue weighted by atomic mass is 10.1. The molecule has 0 N–H and O–H groups in total. The van der Waals surface area contributed by atoms with E-state index in [0.29, 0.717) is 5.54 Å². The minimum atomic E-state index is 0.288. The maximum atomic E-state index is 4.40. The maximum absolute atomic E-state index is 4.40. The van der Waals surface area contributed by atoms with E-state index >= 15 is 0 Å². The number of likely N-dealkylation sites (N-methyl/N-ethyl adjacent to an activating group) is 1. The number of aromatic nitrogens is 1. The lowest BCUT2D eigenvalue weighted by Crippen LogP contribution is -2.53. The third kappa shape index (κ3) is 7.02. The highest BCUT2D eigenvalue weighted by Crippen LogP contribution is 2.19. The molecule has 2 aliphatic rings. The van der Waals surface area contributed by atoms with Gasteiger partial charge in [0.1, 0.15) is 5.82 Å². The van der Waals surface area contributed by atoms with Crippen molar-refractivity contribution < 1.29 is 0 Å². The fourth-order valence-corrected chi connectivity index (χ4v) is 3.88. The van der Waals surface area contributed by atoms with Crippen molar-refractivity contribution in [3.05, 3.63) is 24.4 Å². The van der Waals surface area contributed by atoms with E-state index in [1.807, 2.05) is 12.3 Å². The highest BCUT2D eigenvalue weighted by Gasteiger charge is 2.26. The predicted molar refractivity (Wildman–Crippen MR) is 121 cm³/mol. The van der Waals surface area contributed by atoms with E-state index in [4.69, 9.17) is 0 Å². The second-order valence-electron chi connectivity index (χ2n) is 9.92. The van der Waals surface area contributed by atoms with Crippen molar-refractivity contribution in [3.8, 4) is 0 Å². The molecule has 2 saturated heterocycles. The number of rotatable bonds is 2. The van der Waals surface area contributed by atoms with Gasteiger partial charge in [0.05, 0.1) is 0 Å². The molecule has 28 heavy (non-hydrogen) atoms. The fraction of sp³-hybridized carbons (Fsp3) is 0.783. The van der Waals surface area contributed by atoms with Crippen LogP contribution >= 0.6 is 0 Å². The third-order valence-electron chi connectivity index (χ3n) is 5.97. The first-order valence-corrected chi connectivity index (χ1v) is 11.0. The van der Waals surface area contributed by atoms with Gasteiger partial charge in [-0.3, -0.25) is 9.80 Å². The van der Waals surface area contributed by atoms with Gasteiger partial charge in [0.2, 0.25) is 0 Å². The second-order valence-corrected chi connectivity index (χ2v) is 9.92. The molecule has 2 fully saturated rings. The molecule has 0 saturated carbocycles. The minimum Gasteiger partial charge on any atom is -0.354 e. The van der Waals surface area contributed by atoms with E-state index in [1.165, 1.54) is 32.7 Å². The van der Waals surface area contributed by atoms with Crippen molar-refractivity contribution >= 4 is 5.82 Å². The van der Waals surface area contributed by atoms with Crippen molar-refractivity contribution in [1.29, 1.82) is 0 Å².